The first kappa shape index (κ1) is 15.0. The number of esters is 1. The van der Waals surface area contributed by atoms with E-state index >= 15 is 0 Å². The maximum atomic E-state index is 13.5. The smallest absolute Gasteiger partial charge is 0.339 e. The van der Waals surface area contributed by atoms with Crippen LogP contribution in [0.5, 0.6) is 0 Å². The molecule has 2 aromatic carbocycles. The van der Waals surface area contributed by atoms with Gasteiger partial charge in [-0.05, 0) is 43.2 Å². The lowest BCUT2D eigenvalue weighted by Crippen LogP contribution is -2.13. The van der Waals surface area contributed by atoms with Crippen LogP contribution in [0.25, 0.3) is 0 Å². The van der Waals surface area contributed by atoms with Gasteiger partial charge in [-0.3, -0.25) is 0 Å². The van der Waals surface area contributed by atoms with Crippen LogP contribution in [-0.4, -0.2) is 13.1 Å². The third kappa shape index (κ3) is 3.40. The quantitative estimate of drug-likeness (QED) is 0.861. The van der Waals surface area contributed by atoms with E-state index in [0.29, 0.717) is 11.3 Å². The van der Waals surface area contributed by atoms with Crippen LogP contribution >= 0.6 is 0 Å². The van der Waals surface area contributed by atoms with E-state index in [2.05, 4.69) is 5.32 Å². The van der Waals surface area contributed by atoms with Gasteiger partial charge in [-0.15, -0.1) is 0 Å². The largest absolute Gasteiger partial charge is 0.465 e. The average molecular weight is 287 g/mol. The Bertz CT molecular complexity index is 655. The zero-order valence-corrected chi connectivity index (χ0v) is 12.3. The number of hydrogen-bond acceptors (Lipinski definition) is 3. The molecule has 0 saturated carbocycles. The molecule has 1 atom stereocenters. The Kier molecular flexibility index (Phi) is 4.58. The molecule has 0 spiro atoms. The molecule has 0 amide bonds. The lowest BCUT2D eigenvalue weighted by atomic mass is 10.0. The van der Waals surface area contributed by atoms with Gasteiger partial charge in [-0.1, -0.05) is 24.3 Å². The van der Waals surface area contributed by atoms with E-state index in [1.807, 2.05) is 38.1 Å². The molecule has 0 radical (unpaired) electrons. The monoisotopic (exact) mass is 287 g/mol. The summed E-state index contributed by atoms with van der Waals surface area (Å²) in [5.41, 5.74) is 2.98. The Morgan fingerprint density at radius 2 is 1.95 bits per heavy atom. The molecule has 0 fully saturated rings. The van der Waals surface area contributed by atoms with Gasteiger partial charge < -0.3 is 10.1 Å². The highest BCUT2D eigenvalue weighted by Gasteiger charge is 2.15. The minimum atomic E-state index is -0.491. The predicted molar refractivity (Wildman–Crippen MR) is 81.0 cm³/mol. The zero-order valence-electron chi connectivity index (χ0n) is 12.3. The molecule has 0 aliphatic carbocycles. The summed E-state index contributed by atoms with van der Waals surface area (Å²) >= 11 is 0. The average Bonchev–Trinajstić information content (AvgIpc) is 2.47. The van der Waals surface area contributed by atoms with Crippen molar-refractivity contribution in [2.45, 2.75) is 19.9 Å². The van der Waals surface area contributed by atoms with Crippen molar-refractivity contribution < 1.29 is 13.9 Å². The minimum Gasteiger partial charge on any atom is -0.465 e. The third-order valence-electron chi connectivity index (χ3n) is 3.41. The second-order valence-electron chi connectivity index (χ2n) is 4.90. The number of halogens is 1. The van der Waals surface area contributed by atoms with Crippen molar-refractivity contribution in [3.8, 4) is 0 Å². The molecular formula is C17H18FNO2. The number of methoxy groups -OCH3 is 1. The summed E-state index contributed by atoms with van der Waals surface area (Å²) in [6.07, 6.45) is 0. The molecule has 1 unspecified atom stereocenters. The molecule has 110 valence electrons. The molecule has 21 heavy (non-hydrogen) atoms. The van der Waals surface area contributed by atoms with Crippen LogP contribution in [0.3, 0.4) is 0 Å². The van der Waals surface area contributed by atoms with Gasteiger partial charge in [0.1, 0.15) is 5.82 Å². The number of aryl methyl sites for hydroxylation is 1. The summed E-state index contributed by atoms with van der Waals surface area (Å²) in [5, 5.41) is 3.18. The van der Waals surface area contributed by atoms with Crippen molar-refractivity contribution >= 4 is 11.7 Å². The maximum Gasteiger partial charge on any atom is 0.339 e. The highest BCUT2D eigenvalue weighted by atomic mass is 19.1. The van der Waals surface area contributed by atoms with E-state index in [1.54, 1.807) is 0 Å². The van der Waals surface area contributed by atoms with Crippen molar-refractivity contribution in [2.24, 2.45) is 0 Å². The second kappa shape index (κ2) is 6.39. The Morgan fingerprint density at radius 3 is 2.62 bits per heavy atom. The number of carbonyl (C=O) groups is 1. The fourth-order valence-corrected chi connectivity index (χ4v) is 2.31. The highest BCUT2D eigenvalue weighted by Crippen LogP contribution is 2.25. The van der Waals surface area contributed by atoms with Gasteiger partial charge in [0.2, 0.25) is 0 Å². The van der Waals surface area contributed by atoms with E-state index < -0.39 is 11.8 Å². The number of hydrogen-bond donors (Lipinski definition) is 1. The van der Waals surface area contributed by atoms with Crippen LogP contribution in [-0.2, 0) is 4.74 Å². The number of ether oxygens (including phenoxy) is 1. The fourth-order valence-electron chi connectivity index (χ4n) is 2.31. The summed E-state index contributed by atoms with van der Waals surface area (Å²) in [6, 6.07) is 11.9. The van der Waals surface area contributed by atoms with E-state index in [9.17, 15) is 9.18 Å². The van der Waals surface area contributed by atoms with Crippen LogP contribution in [0.15, 0.2) is 42.5 Å². The normalized spacial score (nSPS) is 11.8. The Balaban J connectivity index is 2.32. The summed E-state index contributed by atoms with van der Waals surface area (Å²) < 4.78 is 18.2. The van der Waals surface area contributed by atoms with Gasteiger partial charge in [-0.25, -0.2) is 9.18 Å². The molecule has 0 aliphatic rings. The first-order valence-corrected chi connectivity index (χ1v) is 6.73. The molecule has 1 N–H and O–H groups in total. The number of rotatable bonds is 4. The van der Waals surface area contributed by atoms with E-state index in [1.165, 1.54) is 25.3 Å². The van der Waals surface area contributed by atoms with Crippen LogP contribution in [0, 0.1) is 12.7 Å². The molecular weight excluding hydrogens is 269 g/mol. The van der Waals surface area contributed by atoms with Crippen molar-refractivity contribution in [2.75, 3.05) is 12.4 Å². The van der Waals surface area contributed by atoms with Crippen LogP contribution in [0.2, 0.25) is 0 Å². The zero-order chi connectivity index (χ0) is 15.4. The molecule has 3 nitrogen and oxygen atoms in total. The molecule has 2 aromatic rings. The van der Waals surface area contributed by atoms with Gasteiger partial charge in [0, 0.05) is 6.04 Å². The lowest BCUT2D eigenvalue weighted by molar-refractivity contribution is 0.0601. The van der Waals surface area contributed by atoms with Gasteiger partial charge in [0.05, 0.1) is 18.4 Å². The third-order valence-corrected chi connectivity index (χ3v) is 3.41. The summed E-state index contributed by atoms with van der Waals surface area (Å²) in [4.78, 5) is 11.7. The van der Waals surface area contributed by atoms with Crippen molar-refractivity contribution in [3.63, 3.8) is 0 Å². The van der Waals surface area contributed by atoms with Crippen molar-refractivity contribution in [3.05, 3.63) is 65.0 Å². The molecule has 0 heterocycles. The fraction of sp³-hybridized carbons (Fsp3) is 0.235. The number of carbonyl (C=O) groups excluding carboxylic acids is 1. The first-order chi connectivity index (χ1) is 10.0. The minimum absolute atomic E-state index is 0.0589. The van der Waals surface area contributed by atoms with Crippen molar-refractivity contribution in [1.29, 1.82) is 0 Å². The van der Waals surface area contributed by atoms with E-state index in [4.69, 9.17) is 4.74 Å². The number of nitrogens with one attached hydrogen (secondary N) is 1. The number of anilines is 1. The molecule has 4 heteroatoms. The predicted octanol–water partition coefficient (Wildman–Crippen LogP) is 4.09. The molecule has 0 aromatic heterocycles. The molecule has 0 saturated heterocycles. The molecule has 0 aliphatic heterocycles. The summed E-state index contributed by atoms with van der Waals surface area (Å²) in [6.45, 7) is 3.98. The Morgan fingerprint density at radius 1 is 1.24 bits per heavy atom. The lowest BCUT2D eigenvalue weighted by Gasteiger charge is -2.19. The van der Waals surface area contributed by atoms with Crippen LogP contribution in [0.4, 0.5) is 10.1 Å². The standard InChI is InChI=1S/C17H18FNO2/c1-11-6-4-5-7-14(11)12(2)19-16-10-13(18)8-9-15(16)17(20)21-3/h4-10,12,19H,1-3H3. The number of benzene rings is 2. The van der Waals surface area contributed by atoms with Crippen LogP contribution in [0.1, 0.15) is 34.5 Å². The van der Waals surface area contributed by atoms with Crippen molar-refractivity contribution in [1.82, 2.24) is 0 Å². The van der Waals surface area contributed by atoms with Gasteiger partial charge in [-0.2, -0.15) is 0 Å². The van der Waals surface area contributed by atoms with E-state index in [0.717, 1.165) is 11.1 Å². The van der Waals surface area contributed by atoms with Crippen LogP contribution < -0.4 is 5.32 Å². The SMILES string of the molecule is COC(=O)c1ccc(F)cc1NC(C)c1ccccc1C. The first-order valence-electron chi connectivity index (χ1n) is 6.73. The topological polar surface area (TPSA) is 38.3 Å². The van der Waals surface area contributed by atoms with Gasteiger partial charge in [0.15, 0.2) is 0 Å². The molecule has 0 bridgehead atoms. The summed E-state index contributed by atoms with van der Waals surface area (Å²) in [5.74, 6) is -0.892. The maximum absolute atomic E-state index is 13.5. The van der Waals surface area contributed by atoms with Gasteiger partial charge >= 0.3 is 5.97 Å². The summed E-state index contributed by atoms with van der Waals surface area (Å²) in [7, 11) is 1.31. The second-order valence-corrected chi connectivity index (χ2v) is 4.90. The Labute approximate surface area is 123 Å². The highest BCUT2D eigenvalue weighted by molar-refractivity contribution is 5.95. The van der Waals surface area contributed by atoms with Gasteiger partial charge in [0.25, 0.3) is 0 Å². The Hall–Kier alpha value is -2.36. The molecule has 2 rings (SSSR count). The van der Waals surface area contributed by atoms with E-state index in [-0.39, 0.29) is 6.04 Å².